The van der Waals surface area contributed by atoms with Crippen molar-refractivity contribution in [1.82, 2.24) is 4.84 Å². The van der Waals surface area contributed by atoms with Gasteiger partial charge in [0.05, 0.1) is 0 Å². The molecule has 0 aromatic heterocycles. The lowest BCUT2D eigenvalue weighted by Gasteiger charge is -1.98. The summed E-state index contributed by atoms with van der Waals surface area (Å²) in [6.07, 6.45) is 0.964. The van der Waals surface area contributed by atoms with E-state index in [4.69, 9.17) is 11.8 Å². The van der Waals surface area contributed by atoms with E-state index in [0.29, 0.717) is 0 Å². The largest absolute Gasteiger partial charge is 0.273 e. The average molecular weight is 148 g/mol. The number of hydrogen-bond acceptors (Lipinski definition) is 1. The first-order chi connectivity index (χ1) is 4.08. The summed E-state index contributed by atoms with van der Waals surface area (Å²) in [5, 5.41) is 0. The van der Waals surface area contributed by atoms with Crippen LogP contribution in [-0.2, 0) is 4.79 Å². The van der Waals surface area contributed by atoms with E-state index in [-0.39, 0.29) is 17.2 Å². The van der Waals surface area contributed by atoms with Gasteiger partial charge in [0.15, 0.2) is 0 Å². The number of halogens is 1. The molecule has 0 aromatic carbocycles. The van der Waals surface area contributed by atoms with Crippen LogP contribution in [0.5, 0.6) is 0 Å². The normalized spacial score (nSPS) is 29.4. The fourth-order valence-corrected chi connectivity index (χ4v) is 1.11. The molecule has 1 N–H and O–H groups in total. The maximum Gasteiger partial charge on any atom is 0.237 e. The van der Waals surface area contributed by atoms with Gasteiger partial charge in [-0.05, 0) is 11.8 Å². The summed E-state index contributed by atoms with van der Waals surface area (Å²) in [5.74, 6) is 0.108. The smallest absolute Gasteiger partial charge is 0.237 e. The molecule has 2 nitrogen and oxygen atoms in total. The van der Waals surface area contributed by atoms with E-state index < -0.39 is 0 Å². The number of carbonyl (C=O) groups excluding carboxylic acids is 1. The first kappa shape index (κ1) is 6.87. The predicted molar refractivity (Wildman–Crippen MR) is 35.9 cm³/mol. The van der Waals surface area contributed by atoms with Gasteiger partial charge in [-0.1, -0.05) is 13.8 Å². The lowest BCUT2D eigenvalue weighted by Crippen LogP contribution is -2.16. The molecule has 0 saturated heterocycles. The summed E-state index contributed by atoms with van der Waals surface area (Å²) >= 11 is 5.11. The number of amides is 1. The molecule has 1 unspecified atom stereocenters. The van der Waals surface area contributed by atoms with Crippen molar-refractivity contribution in [3.63, 3.8) is 0 Å². The molecule has 1 rings (SSSR count). The average Bonchev–Trinajstić information content (AvgIpc) is 2.38. The third-order valence-corrected chi connectivity index (χ3v) is 2.11. The van der Waals surface area contributed by atoms with E-state index in [1.807, 2.05) is 0 Å². The summed E-state index contributed by atoms with van der Waals surface area (Å²) in [6.45, 7) is 4.12. The van der Waals surface area contributed by atoms with E-state index >= 15 is 0 Å². The van der Waals surface area contributed by atoms with Gasteiger partial charge in [0.2, 0.25) is 5.91 Å². The van der Waals surface area contributed by atoms with Crippen molar-refractivity contribution in [2.24, 2.45) is 11.3 Å². The quantitative estimate of drug-likeness (QED) is 0.557. The SMILES string of the molecule is CC1(C)CC1C(=O)NCl. The van der Waals surface area contributed by atoms with Gasteiger partial charge in [0.1, 0.15) is 0 Å². The van der Waals surface area contributed by atoms with Crippen LogP contribution < -0.4 is 4.84 Å². The lowest BCUT2D eigenvalue weighted by molar-refractivity contribution is -0.121. The third kappa shape index (κ3) is 1.18. The van der Waals surface area contributed by atoms with Crippen LogP contribution in [0.3, 0.4) is 0 Å². The highest BCUT2D eigenvalue weighted by Gasteiger charge is 2.50. The molecule has 0 radical (unpaired) electrons. The molecule has 0 aliphatic heterocycles. The highest BCUT2D eigenvalue weighted by Crippen LogP contribution is 2.51. The minimum atomic E-state index is -0.0401. The molecule has 0 spiro atoms. The molecule has 52 valence electrons. The zero-order valence-electron chi connectivity index (χ0n) is 5.57. The summed E-state index contributed by atoms with van der Waals surface area (Å²) < 4.78 is 0. The summed E-state index contributed by atoms with van der Waals surface area (Å²) in [4.78, 5) is 12.9. The second-order valence-corrected chi connectivity index (χ2v) is 3.39. The van der Waals surface area contributed by atoms with E-state index in [1.54, 1.807) is 0 Å². The van der Waals surface area contributed by atoms with Crippen molar-refractivity contribution < 1.29 is 4.79 Å². The molecule has 3 heteroatoms. The molecule has 0 heterocycles. The van der Waals surface area contributed by atoms with Gasteiger partial charge in [0, 0.05) is 17.7 Å². The lowest BCUT2D eigenvalue weighted by atomic mass is 10.1. The molecular formula is C6H10ClNO. The molecule has 0 bridgehead atoms. The standard InChI is InChI=1S/C6H10ClNO/c1-6(2)3-4(6)5(9)8-7/h4H,3H2,1-2H3,(H,8,9). The fraction of sp³-hybridized carbons (Fsp3) is 0.833. The highest BCUT2D eigenvalue weighted by atomic mass is 35.5. The Bertz CT molecular complexity index is 144. The number of nitrogens with one attached hydrogen (secondary N) is 1. The minimum absolute atomic E-state index is 0.0401. The Hall–Kier alpha value is -0.240. The minimum Gasteiger partial charge on any atom is -0.273 e. The third-order valence-electron chi connectivity index (χ3n) is 1.92. The van der Waals surface area contributed by atoms with Crippen molar-refractivity contribution in [2.75, 3.05) is 0 Å². The maximum absolute atomic E-state index is 10.7. The fourth-order valence-electron chi connectivity index (χ4n) is 0.981. The highest BCUT2D eigenvalue weighted by molar-refractivity contribution is 6.22. The Balaban J connectivity index is 2.42. The van der Waals surface area contributed by atoms with Crippen molar-refractivity contribution in [3.05, 3.63) is 0 Å². The predicted octanol–water partition coefficient (Wildman–Crippen LogP) is 1.30. The molecule has 1 aliphatic rings. The Kier molecular flexibility index (Phi) is 1.43. The van der Waals surface area contributed by atoms with Gasteiger partial charge >= 0.3 is 0 Å². The Labute approximate surface area is 59.7 Å². The monoisotopic (exact) mass is 147 g/mol. The van der Waals surface area contributed by atoms with Crippen LogP contribution >= 0.6 is 11.8 Å². The van der Waals surface area contributed by atoms with Crippen LogP contribution in [0.1, 0.15) is 20.3 Å². The molecule has 0 aromatic rings. The van der Waals surface area contributed by atoms with Crippen LogP contribution in [0.4, 0.5) is 0 Å². The van der Waals surface area contributed by atoms with Gasteiger partial charge < -0.3 is 0 Å². The van der Waals surface area contributed by atoms with Gasteiger partial charge in [-0.2, -0.15) is 0 Å². The van der Waals surface area contributed by atoms with E-state index in [1.165, 1.54) is 0 Å². The van der Waals surface area contributed by atoms with Crippen LogP contribution in [0.15, 0.2) is 0 Å². The van der Waals surface area contributed by atoms with Crippen LogP contribution in [0, 0.1) is 11.3 Å². The second kappa shape index (κ2) is 1.87. The number of hydrogen-bond donors (Lipinski definition) is 1. The first-order valence-electron chi connectivity index (χ1n) is 2.98. The summed E-state index contributed by atoms with van der Waals surface area (Å²) in [7, 11) is 0. The summed E-state index contributed by atoms with van der Waals surface area (Å²) in [5.41, 5.74) is 0.193. The molecular weight excluding hydrogens is 138 g/mol. The van der Waals surface area contributed by atoms with Gasteiger partial charge in [-0.3, -0.25) is 9.63 Å². The molecule has 1 aliphatic carbocycles. The molecule has 1 saturated carbocycles. The van der Waals surface area contributed by atoms with E-state index in [9.17, 15) is 4.79 Å². The van der Waals surface area contributed by atoms with E-state index in [0.717, 1.165) is 6.42 Å². The molecule has 1 fully saturated rings. The van der Waals surface area contributed by atoms with Crippen molar-refractivity contribution in [2.45, 2.75) is 20.3 Å². The zero-order valence-corrected chi connectivity index (χ0v) is 6.33. The summed E-state index contributed by atoms with van der Waals surface area (Å²) in [6, 6.07) is 0. The molecule has 1 amide bonds. The van der Waals surface area contributed by atoms with Crippen molar-refractivity contribution in [1.29, 1.82) is 0 Å². The van der Waals surface area contributed by atoms with Crippen LogP contribution in [0.25, 0.3) is 0 Å². The first-order valence-corrected chi connectivity index (χ1v) is 3.36. The number of rotatable bonds is 1. The Morgan fingerprint density at radius 1 is 1.78 bits per heavy atom. The zero-order chi connectivity index (χ0) is 7.07. The van der Waals surface area contributed by atoms with E-state index in [2.05, 4.69) is 18.7 Å². The van der Waals surface area contributed by atoms with Gasteiger partial charge in [-0.15, -0.1) is 0 Å². The molecule has 9 heavy (non-hydrogen) atoms. The Morgan fingerprint density at radius 2 is 2.22 bits per heavy atom. The van der Waals surface area contributed by atoms with Crippen molar-refractivity contribution >= 4 is 17.7 Å². The topological polar surface area (TPSA) is 29.1 Å². The Morgan fingerprint density at radius 3 is 2.33 bits per heavy atom. The van der Waals surface area contributed by atoms with Crippen LogP contribution in [-0.4, -0.2) is 5.91 Å². The van der Waals surface area contributed by atoms with Crippen LogP contribution in [0.2, 0.25) is 0 Å². The maximum atomic E-state index is 10.7. The second-order valence-electron chi connectivity index (χ2n) is 3.20. The molecule has 1 atom stereocenters. The van der Waals surface area contributed by atoms with Crippen molar-refractivity contribution in [3.8, 4) is 0 Å². The number of carbonyl (C=O) groups is 1. The van der Waals surface area contributed by atoms with Gasteiger partial charge in [-0.25, -0.2) is 0 Å². The van der Waals surface area contributed by atoms with Gasteiger partial charge in [0.25, 0.3) is 0 Å².